The summed E-state index contributed by atoms with van der Waals surface area (Å²) < 4.78 is 21.8. The van der Waals surface area contributed by atoms with Gasteiger partial charge in [0, 0.05) is 61.3 Å². The summed E-state index contributed by atoms with van der Waals surface area (Å²) in [5, 5.41) is 22.6. The van der Waals surface area contributed by atoms with Gasteiger partial charge in [0.15, 0.2) is 0 Å². The lowest BCUT2D eigenvalue weighted by Gasteiger charge is -2.46. The van der Waals surface area contributed by atoms with Crippen LogP contribution in [0.4, 0.5) is 4.39 Å². The Labute approximate surface area is 175 Å². The van der Waals surface area contributed by atoms with Gasteiger partial charge in [-0.2, -0.15) is 0 Å². The molecule has 5 nitrogen and oxygen atoms in total. The van der Waals surface area contributed by atoms with Crippen molar-refractivity contribution in [1.29, 1.82) is 0 Å². The van der Waals surface area contributed by atoms with E-state index in [0.717, 1.165) is 42.4 Å². The lowest BCUT2D eigenvalue weighted by atomic mass is 9.81. The van der Waals surface area contributed by atoms with Gasteiger partial charge in [0.1, 0.15) is 17.2 Å². The molecule has 5 rings (SSSR count). The first kappa shape index (κ1) is 19.5. The summed E-state index contributed by atoms with van der Waals surface area (Å²) in [5.74, 6) is 0.226. The van der Waals surface area contributed by atoms with Crippen LogP contribution in [-0.4, -0.2) is 44.9 Å². The van der Waals surface area contributed by atoms with Gasteiger partial charge < -0.3 is 24.4 Å². The number of aliphatic hydroxyl groups is 2. The van der Waals surface area contributed by atoms with Gasteiger partial charge in [0.05, 0.1) is 12.2 Å². The zero-order valence-electron chi connectivity index (χ0n) is 17.1. The van der Waals surface area contributed by atoms with E-state index in [1.165, 1.54) is 12.1 Å². The Bertz CT molecular complexity index is 1070. The molecule has 30 heavy (non-hydrogen) atoms. The van der Waals surface area contributed by atoms with Crippen LogP contribution in [0.2, 0.25) is 0 Å². The lowest BCUT2D eigenvalue weighted by molar-refractivity contribution is -0.0588. The first-order chi connectivity index (χ1) is 14.4. The molecule has 2 aliphatic rings. The minimum absolute atomic E-state index is 0.357. The Kier molecular flexibility index (Phi) is 4.81. The van der Waals surface area contributed by atoms with Gasteiger partial charge in [-0.25, -0.2) is 4.39 Å². The molecule has 0 radical (unpaired) electrons. The Morgan fingerprint density at radius 2 is 1.97 bits per heavy atom. The van der Waals surface area contributed by atoms with Crippen LogP contribution in [0.5, 0.6) is 5.75 Å². The first-order valence-electron chi connectivity index (χ1n) is 10.5. The highest BCUT2D eigenvalue weighted by Gasteiger charge is 2.43. The van der Waals surface area contributed by atoms with Gasteiger partial charge in [-0.3, -0.25) is 0 Å². The Hall–Kier alpha value is -2.41. The Morgan fingerprint density at radius 3 is 2.77 bits per heavy atom. The quantitative estimate of drug-likeness (QED) is 0.691. The first-order valence-corrected chi connectivity index (χ1v) is 10.5. The fourth-order valence-corrected chi connectivity index (χ4v) is 5.04. The number of aryl methyl sites for hydroxylation is 1. The number of nitrogens with zero attached hydrogens (tertiary/aromatic N) is 2. The summed E-state index contributed by atoms with van der Waals surface area (Å²) in [4.78, 5) is 2.26. The van der Waals surface area contributed by atoms with Crippen molar-refractivity contribution in [3.8, 4) is 5.75 Å². The van der Waals surface area contributed by atoms with E-state index in [-0.39, 0.29) is 5.82 Å². The number of hydrogen-bond acceptors (Lipinski definition) is 4. The summed E-state index contributed by atoms with van der Waals surface area (Å²) >= 11 is 0. The summed E-state index contributed by atoms with van der Waals surface area (Å²) in [6, 6.07) is 12.5. The van der Waals surface area contributed by atoms with Gasteiger partial charge in [-0.1, -0.05) is 18.2 Å². The number of hydrogen-bond donors (Lipinski definition) is 2. The molecule has 158 valence electrons. The monoisotopic (exact) mass is 410 g/mol. The predicted molar refractivity (Wildman–Crippen MR) is 113 cm³/mol. The van der Waals surface area contributed by atoms with Crippen molar-refractivity contribution in [3.63, 3.8) is 0 Å². The number of ether oxygens (including phenoxy) is 1. The van der Waals surface area contributed by atoms with Crippen LogP contribution < -0.4 is 4.74 Å². The SMILES string of the molecule is Cn1cc([C@@H](O)CN2CCC3(CC2)C[C@H](O)c2cc(F)ccc2O3)c2ccccc21. The van der Waals surface area contributed by atoms with Gasteiger partial charge in [-0.05, 0) is 37.1 Å². The fraction of sp³-hybridized carbons (Fsp3) is 0.417. The molecule has 0 bridgehead atoms. The third-order valence-electron chi connectivity index (χ3n) is 6.71. The van der Waals surface area contributed by atoms with E-state index >= 15 is 0 Å². The lowest BCUT2D eigenvalue weighted by Crippen LogP contribution is -2.51. The molecule has 3 aromatic rings. The molecule has 0 unspecified atom stereocenters. The third kappa shape index (κ3) is 3.39. The number of rotatable bonds is 3. The average Bonchev–Trinajstić information content (AvgIpc) is 3.08. The highest BCUT2D eigenvalue weighted by molar-refractivity contribution is 5.84. The Balaban J connectivity index is 1.27. The van der Waals surface area contributed by atoms with E-state index in [9.17, 15) is 14.6 Å². The van der Waals surface area contributed by atoms with Gasteiger partial charge in [0.2, 0.25) is 0 Å². The molecule has 0 aliphatic carbocycles. The molecule has 3 heterocycles. The van der Waals surface area contributed by atoms with Crippen LogP contribution in [0.25, 0.3) is 10.9 Å². The van der Waals surface area contributed by atoms with Crippen molar-refractivity contribution in [3.05, 3.63) is 65.6 Å². The number of piperidine rings is 1. The summed E-state index contributed by atoms with van der Waals surface area (Å²) in [5.41, 5.74) is 2.18. The van der Waals surface area contributed by atoms with Crippen LogP contribution >= 0.6 is 0 Å². The number of fused-ring (bicyclic) bond motifs is 2. The second kappa shape index (κ2) is 7.38. The van der Waals surface area contributed by atoms with Crippen molar-refractivity contribution in [2.75, 3.05) is 19.6 Å². The number of β-amino-alcohol motifs (C(OH)–C–C–N with tert-alkyl or cyclic N) is 1. The topological polar surface area (TPSA) is 57.9 Å². The molecule has 0 saturated carbocycles. The van der Waals surface area contributed by atoms with Crippen LogP contribution in [0, 0.1) is 5.82 Å². The number of halogens is 1. The number of aliphatic hydroxyl groups excluding tert-OH is 2. The van der Waals surface area contributed by atoms with E-state index < -0.39 is 17.8 Å². The fourth-order valence-electron chi connectivity index (χ4n) is 5.04. The number of benzene rings is 2. The van der Waals surface area contributed by atoms with E-state index in [0.29, 0.717) is 24.3 Å². The maximum absolute atomic E-state index is 13.5. The predicted octanol–water partition coefficient (Wildman–Crippen LogP) is 3.70. The highest BCUT2D eigenvalue weighted by atomic mass is 19.1. The molecule has 2 aromatic carbocycles. The maximum Gasteiger partial charge on any atom is 0.126 e. The normalized spacial score (nSPS) is 22.1. The molecule has 1 saturated heterocycles. The second-order valence-corrected chi connectivity index (χ2v) is 8.72. The van der Waals surface area contributed by atoms with Crippen molar-refractivity contribution in [2.24, 2.45) is 7.05 Å². The molecule has 1 fully saturated rings. The van der Waals surface area contributed by atoms with Crippen molar-refractivity contribution < 1.29 is 19.3 Å². The average molecular weight is 410 g/mol. The molecular formula is C24H27FN2O3. The van der Waals surface area contributed by atoms with Crippen LogP contribution in [0.3, 0.4) is 0 Å². The van der Waals surface area contributed by atoms with Crippen molar-refractivity contribution >= 4 is 10.9 Å². The minimum atomic E-state index is -0.711. The molecule has 0 amide bonds. The Morgan fingerprint density at radius 1 is 1.20 bits per heavy atom. The zero-order chi connectivity index (χ0) is 20.9. The summed E-state index contributed by atoms with van der Waals surface area (Å²) in [7, 11) is 2.00. The van der Waals surface area contributed by atoms with E-state index in [4.69, 9.17) is 4.74 Å². The highest BCUT2D eigenvalue weighted by Crippen LogP contribution is 2.44. The number of para-hydroxylation sites is 1. The van der Waals surface area contributed by atoms with Gasteiger partial charge in [-0.15, -0.1) is 0 Å². The molecule has 1 aromatic heterocycles. The van der Waals surface area contributed by atoms with E-state index in [2.05, 4.69) is 21.6 Å². The smallest absolute Gasteiger partial charge is 0.126 e. The van der Waals surface area contributed by atoms with Crippen molar-refractivity contribution in [2.45, 2.75) is 37.1 Å². The molecule has 2 N–H and O–H groups in total. The summed E-state index contributed by atoms with van der Waals surface area (Å²) in [6.07, 6.45) is 2.75. The number of aromatic nitrogens is 1. The van der Waals surface area contributed by atoms with E-state index in [1.807, 2.05) is 25.4 Å². The standard InChI is InChI=1S/C24H27FN2O3/c1-26-14-19(17-4-2-3-5-20(17)26)22(29)15-27-10-8-24(9-11-27)13-21(28)18-12-16(25)6-7-23(18)30-24/h2-7,12,14,21-22,28-29H,8-11,13,15H2,1H3/t21-,22-/m0/s1. The molecule has 2 atom stereocenters. The van der Waals surface area contributed by atoms with Crippen LogP contribution in [-0.2, 0) is 7.05 Å². The van der Waals surface area contributed by atoms with Gasteiger partial charge >= 0.3 is 0 Å². The molecular weight excluding hydrogens is 383 g/mol. The van der Waals surface area contributed by atoms with Crippen LogP contribution in [0.1, 0.15) is 42.6 Å². The molecule has 1 spiro atoms. The zero-order valence-corrected chi connectivity index (χ0v) is 17.1. The third-order valence-corrected chi connectivity index (χ3v) is 6.71. The summed E-state index contributed by atoms with van der Waals surface area (Å²) in [6.45, 7) is 2.13. The maximum atomic E-state index is 13.5. The molecule has 6 heteroatoms. The minimum Gasteiger partial charge on any atom is -0.487 e. The largest absolute Gasteiger partial charge is 0.487 e. The second-order valence-electron chi connectivity index (χ2n) is 8.72. The van der Waals surface area contributed by atoms with Gasteiger partial charge in [0.25, 0.3) is 0 Å². The van der Waals surface area contributed by atoms with Crippen LogP contribution in [0.15, 0.2) is 48.7 Å². The number of likely N-dealkylation sites (tertiary alicyclic amines) is 1. The van der Waals surface area contributed by atoms with E-state index in [1.54, 1.807) is 6.07 Å². The van der Waals surface area contributed by atoms with Crippen molar-refractivity contribution in [1.82, 2.24) is 9.47 Å². The molecule has 2 aliphatic heterocycles.